The molecule has 0 saturated carbocycles. The Labute approximate surface area is 150 Å². The molecule has 1 heterocycles. The van der Waals surface area contributed by atoms with E-state index >= 15 is 0 Å². The molecule has 3 amide bonds. The van der Waals surface area contributed by atoms with Crippen molar-refractivity contribution in [2.75, 3.05) is 5.32 Å². The molecule has 1 aromatic heterocycles. The highest BCUT2D eigenvalue weighted by Crippen LogP contribution is 2.37. The van der Waals surface area contributed by atoms with Crippen molar-refractivity contribution in [2.24, 2.45) is 0 Å². The van der Waals surface area contributed by atoms with Crippen molar-refractivity contribution in [3.63, 3.8) is 0 Å². The third kappa shape index (κ3) is 5.29. The number of urea groups is 1. The topological polar surface area (TPSA) is 96.0 Å². The molecule has 146 valence electrons. The molecule has 14 heteroatoms. The molecule has 0 spiro atoms. The van der Waals surface area contributed by atoms with Gasteiger partial charge in [0.1, 0.15) is 4.88 Å². The SMILES string of the molecule is Cc1nnsc1C(=O)NNC(=O)Nc1cc(C(F)(F)F)cc(C(F)(F)F)c1. The van der Waals surface area contributed by atoms with Gasteiger partial charge >= 0.3 is 18.4 Å². The van der Waals surface area contributed by atoms with Crippen LogP contribution in [0.1, 0.15) is 26.5 Å². The van der Waals surface area contributed by atoms with E-state index in [2.05, 4.69) is 9.59 Å². The van der Waals surface area contributed by atoms with Gasteiger partial charge < -0.3 is 5.32 Å². The van der Waals surface area contributed by atoms with Crippen molar-refractivity contribution >= 4 is 29.2 Å². The summed E-state index contributed by atoms with van der Waals surface area (Å²) < 4.78 is 80.0. The van der Waals surface area contributed by atoms with E-state index in [0.29, 0.717) is 12.1 Å². The Kier molecular flexibility index (Phi) is 5.58. The molecule has 2 rings (SSSR count). The maximum atomic E-state index is 12.8. The van der Waals surface area contributed by atoms with Crippen LogP contribution >= 0.6 is 11.5 Å². The van der Waals surface area contributed by atoms with Crippen molar-refractivity contribution in [3.8, 4) is 0 Å². The number of hydrogen-bond acceptors (Lipinski definition) is 5. The van der Waals surface area contributed by atoms with Crippen molar-refractivity contribution in [1.29, 1.82) is 0 Å². The van der Waals surface area contributed by atoms with E-state index in [1.54, 1.807) is 10.7 Å². The smallest absolute Gasteiger partial charge is 0.307 e. The molecule has 27 heavy (non-hydrogen) atoms. The second-order valence-electron chi connectivity index (χ2n) is 5.02. The Morgan fingerprint density at radius 2 is 1.52 bits per heavy atom. The third-order valence-electron chi connectivity index (χ3n) is 2.99. The summed E-state index contributed by atoms with van der Waals surface area (Å²) in [4.78, 5) is 23.5. The van der Waals surface area contributed by atoms with Crippen LogP contribution in [0, 0.1) is 6.92 Å². The maximum Gasteiger partial charge on any atom is 0.416 e. The Morgan fingerprint density at radius 1 is 0.963 bits per heavy atom. The number of halogens is 6. The molecule has 7 nitrogen and oxygen atoms in total. The zero-order chi connectivity index (χ0) is 20.4. The first-order valence-corrected chi connectivity index (χ1v) is 7.61. The number of hydrogen-bond donors (Lipinski definition) is 3. The summed E-state index contributed by atoms with van der Waals surface area (Å²) in [5.41, 5.74) is 0.0400. The van der Waals surface area contributed by atoms with Crippen LogP contribution in [-0.4, -0.2) is 21.5 Å². The highest BCUT2D eigenvalue weighted by molar-refractivity contribution is 7.07. The summed E-state index contributed by atoms with van der Waals surface area (Å²) in [5.74, 6) is -0.808. The molecule has 0 bridgehead atoms. The quantitative estimate of drug-likeness (QED) is 0.520. The van der Waals surface area contributed by atoms with Gasteiger partial charge in [-0.3, -0.25) is 10.2 Å². The van der Waals surface area contributed by atoms with E-state index in [9.17, 15) is 35.9 Å². The van der Waals surface area contributed by atoms with E-state index in [0.717, 1.165) is 11.5 Å². The average molecular weight is 413 g/mol. The molecule has 0 aliphatic heterocycles. The lowest BCUT2D eigenvalue weighted by Gasteiger charge is -2.15. The van der Waals surface area contributed by atoms with E-state index < -0.39 is 41.1 Å². The first-order valence-electron chi connectivity index (χ1n) is 6.83. The van der Waals surface area contributed by atoms with E-state index in [1.807, 2.05) is 5.43 Å². The van der Waals surface area contributed by atoms with Gasteiger partial charge in [0, 0.05) is 5.69 Å². The molecule has 0 unspecified atom stereocenters. The summed E-state index contributed by atoms with van der Waals surface area (Å²) in [5, 5.41) is 5.35. The van der Waals surface area contributed by atoms with Gasteiger partial charge in [-0.15, -0.1) is 5.10 Å². The second-order valence-corrected chi connectivity index (χ2v) is 5.77. The fourth-order valence-electron chi connectivity index (χ4n) is 1.80. The molecular formula is C13H9F6N5O2S. The molecule has 1 aromatic carbocycles. The second kappa shape index (κ2) is 7.38. The van der Waals surface area contributed by atoms with Crippen molar-refractivity contribution in [1.82, 2.24) is 20.4 Å². The lowest BCUT2D eigenvalue weighted by atomic mass is 10.1. The van der Waals surface area contributed by atoms with Gasteiger partial charge in [0.2, 0.25) is 0 Å². The Hall–Kier alpha value is -2.90. The first kappa shape index (κ1) is 20.4. The van der Waals surface area contributed by atoms with Crippen molar-refractivity contribution in [2.45, 2.75) is 19.3 Å². The van der Waals surface area contributed by atoms with E-state index in [-0.39, 0.29) is 16.6 Å². The third-order valence-corrected chi connectivity index (χ3v) is 3.82. The fourth-order valence-corrected chi connectivity index (χ4v) is 2.35. The normalized spacial score (nSPS) is 11.8. The number of amides is 3. The highest BCUT2D eigenvalue weighted by Gasteiger charge is 2.37. The zero-order valence-electron chi connectivity index (χ0n) is 13.1. The molecule has 0 saturated heterocycles. The molecule has 3 N–H and O–H groups in total. The number of nitrogens with one attached hydrogen (secondary N) is 3. The summed E-state index contributed by atoms with van der Waals surface area (Å²) in [7, 11) is 0. The summed E-state index contributed by atoms with van der Waals surface area (Å²) >= 11 is 0.728. The van der Waals surface area contributed by atoms with Gasteiger partial charge in [-0.05, 0) is 36.7 Å². The van der Waals surface area contributed by atoms with Gasteiger partial charge in [-0.2, -0.15) is 26.3 Å². The van der Waals surface area contributed by atoms with Crippen LogP contribution in [0.15, 0.2) is 18.2 Å². The maximum absolute atomic E-state index is 12.8. The lowest BCUT2D eigenvalue weighted by Crippen LogP contribution is -2.43. The van der Waals surface area contributed by atoms with Crippen LogP contribution in [0.3, 0.4) is 0 Å². The molecule has 0 aliphatic carbocycles. The number of aromatic nitrogens is 2. The average Bonchev–Trinajstić information content (AvgIpc) is 2.97. The minimum Gasteiger partial charge on any atom is -0.307 e. The largest absolute Gasteiger partial charge is 0.416 e. The van der Waals surface area contributed by atoms with Crippen molar-refractivity contribution < 1.29 is 35.9 Å². The Bertz CT molecular complexity index is 831. The number of anilines is 1. The Balaban J connectivity index is 2.12. The van der Waals surface area contributed by atoms with Gasteiger partial charge in [0.25, 0.3) is 5.91 Å². The van der Waals surface area contributed by atoms with Crippen LogP contribution in [0.2, 0.25) is 0 Å². The molecule has 0 radical (unpaired) electrons. The van der Waals surface area contributed by atoms with Crippen LogP contribution in [0.5, 0.6) is 0 Å². The van der Waals surface area contributed by atoms with Crippen molar-refractivity contribution in [3.05, 3.63) is 39.9 Å². The summed E-state index contributed by atoms with van der Waals surface area (Å²) in [6, 6.07) is -0.683. The van der Waals surface area contributed by atoms with Gasteiger partial charge in [0.15, 0.2) is 0 Å². The number of carbonyl (C=O) groups is 2. The summed E-state index contributed by atoms with van der Waals surface area (Å²) in [6.45, 7) is 1.47. The number of hydrazine groups is 1. The molecule has 2 aromatic rings. The fraction of sp³-hybridized carbons (Fsp3) is 0.231. The first-order chi connectivity index (χ1) is 12.4. The van der Waals surface area contributed by atoms with E-state index in [4.69, 9.17) is 0 Å². The predicted octanol–water partition coefficient (Wildman–Crippen LogP) is 3.35. The minimum atomic E-state index is -5.06. The van der Waals surface area contributed by atoms with Gasteiger partial charge in [0.05, 0.1) is 16.8 Å². The molecular weight excluding hydrogens is 404 g/mol. The van der Waals surface area contributed by atoms with Gasteiger partial charge in [-0.1, -0.05) is 4.49 Å². The standard InChI is InChI=1S/C13H9F6N5O2S/c1-5-9(27-24-21-5)10(25)22-23-11(26)20-8-3-6(12(14,15)16)2-7(4-8)13(17,18)19/h2-4H,1H3,(H,22,25)(H2,20,23,26). The number of carbonyl (C=O) groups excluding carboxylic acids is 2. The predicted molar refractivity (Wildman–Crippen MR) is 80.7 cm³/mol. The molecule has 0 fully saturated rings. The summed E-state index contributed by atoms with van der Waals surface area (Å²) in [6.07, 6.45) is -10.1. The van der Waals surface area contributed by atoms with Crippen LogP contribution in [0.4, 0.5) is 36.8 Å². The number of aryl methyl sites for hydroxylation is 1. The van der Waals surface area contributed by atoms with E-state index in [1.165, 1.54) is 6.92 Å². The highest BCUT2D eigenvalue weighted by atomic mass is 32.1. The lowest BCUT2D eigenvalue weighted by molar-refractivity contribution is -0.143. The van der Waals surface area contributed by atoms with Crippen LogP contribution < -0.4 is 16.2 Å². The molecule has 0 atom stereocenters. The number of rotatable bonds is 2. The number of benzene rings is 1. The minimum absolute atomic E-state index is 0.0636. The Morgan fingerprint density at radius 3 is 1.96 bits per heavy atom. The zero-order valence-corrected chi connectivity index (χ0v) is 13.9. The molecule has 0 aliphatic rings. The monoisotopic (exact) mass is 413 g/mol. The van der Waals surface area contributed by atoms with Gasteiger partial charge in [-0.25, -0.2) is 10.2 Å². The van der Waals surface area contributed by atoms with Crippen LogP contribution in [-0.2, 0) is 12.4 Å². The number of nitrogens with zero attached hydrogens (tertiary/aromatic N) is 2. The van der Waals surface area contributed by atoms with Crippen LogP contribution in [0.25, 0.3) is 0 Å². The number of alkyl halides is 6.